The highest BCUT2D eigenvalue weighted by Crippen LogP contribution is 2.31. The number of halogens is 3. The summed E-state index contributed by atoms with van der Waals surface area (Å²) in [5.74, 6) is 0.266. The SMILES string of the molecule is COc1ccc(-c2ccc(C(F)(F)F)cc2)c(C=O)n1. The molecule has 0 spiro atoms. The van der Waals surface area contributed by atoms with E-state index in [9.17, 15) is 18.0 Å². The van der Waals surface area contributed by atoms with Crippen molar-refractivity contribution in [3.8, 4) is 17.0 Å². The maximum Gasteiger partial charge on any atom is 0.416 e. The van der Waals surface area contributed by atoms with Gasteiger partial charge in [-0.3, -0.25) is 4.79 Å². The Bertz CT molecular complexity index is 621. The summed E-state index contributed by atoms with van der Waals surface area (Å²) in [4.78, 5) is 14.9. The number of nitrogens with zero attached hydrogens (tertiary/aromatic N) is 1. The van der Waals surface area contributed by atoms with Crippen LogP contribution in [0, 0.1) is 0 Å². The van der Waals surface area contributed by atoms with Crippen LogP contribution < -0.4 is 4.74 Å². The molecule has 0 bridgehead atoms. The highest BCUT2D eigenvalue weighted by molar-refractivity contribution is 5.85. The minimum atomic E-state index is -4.38. The van der Waals surface area contributed by atoms with Crippen LogP contribution in [0.25, 0.3) is 11.1 Å². The summed E-state index contributed by atoms with van der Waals surface area (Å²) in [5, 5.41) is 0. The molecular formula is C14H10F3NO2. The fourth-order valence-corrected chi connectivity index (χ4v) is 1.74. The van der Waals surface area contributed by atoms with Crippen LogP contribution in [-0.4, -0.2) is 18.4 Å². The number of aldehydes is 1. The second kappa shape index (κ2) is 5.32. The van der Waals surface area contributed by atoms with Gasteiger partial charge >= 0.3 is 6.18 Å². The molecule has 104 valence electrons. The maximum atomic E-state index is 12.5. The fourth-order valence-electron chi connectivity index (χ4n) is 1.74. The van der Waals surface area contributed by atoms with E-state index in [-0.39, 0.29) is 11.6 Å². The predicted molar refractivity (Wildman–Crippen MR) is 66.6 cm³/mol. The van der Waals surface area contributed by atoms with Crippen LogP contribution in [0.4, 0.5) is 13.2 Å². The van der Waals surface area contributed by atoms with Crippen LogP contribution in [0.2, 0.25) is 0 Å². The first-order chi connectivity index (χ1) is 9.45. The first-order valence-electron chi connectivity index (χ1n) is 5.63. The molecule has 0 saturated carbocycles. The Hall–Kier alpha value is -2.37. The maximum absolute atomic E-state index is 12.5. The molecule has 0 atom stereocenters. The molecule has 6 heteroatoms. The van der Waals surface area contributed by atoms with Crippen LogP contribution >= 0.6 is 0 Å². The monoisotopic (exact) mass is 281 g/mol. The van der Waals surface area contributed by atoms with Gasteiger partial charge in [0.25, 0.3) is 0 Å². The summed E-state index contributed by atoms with van der Waals surface area (Å²) < 4.78 is 42.3. The van der Waals surface area contributed by atoms with Gasteiger partial charge in [-0.25, -0.2) is 4.98 Å². The Labute approximate surface area is 113 Å². The van der Waals surface area contributed by atoms with Gasteiger partial charge in [0.1, 0.15) is 5.69 Å². The van der Waals surface area contributed by atoms with Crippen LogP contribution in [0.5, 0.6) is 5.88 Å². The van der Waals surface area contributed by atoms with E-state index in [1.165, 1.54) is 19.2 Å². The van der Waals surface area contributed by atoms with Gasteiger partial charge in [-0.2, -0.15) is 13.2 Å². The molecule has 1 aromatic heterocycles. The third-order valence-electron chi connectivity index (χ3n) is 2.74. The quantitative estimate of drug-likeness (QED) is 0.807. The van der Waals surface area contributed by atoms with Crippen LogP contribution in [0.1, 0.15) is 16.1 Å². The van der Waals surface area contributed by atoms with Gasteiger partial charge < -0.3 is 4.74 Å². The first-order valence-corrected chi connectivity index (χ1v) is 5.63. The molecule has 0 N–H and O–H groups in total. The highest BCUT2D eigenvalue weighted by atomic mass is 19.4. The van der Waals surface area contributed by atoms with Crippen molar-refractivity contribution in [1.29, 1.82) is 0 Å². The van der Waals surface area contributed by atoms with Crippen LogP contribution in [0.3, 0.4) is 0 Å². The zero-order chi connectivity index (χ0) is 14.8. The molecule has 20 heavy (non-hydrogen) atoms. The molecule has 2 aromatic rings. The molecule has 0 aliphatic carbocycles. The number of rotatable bonds is 3. The van der Waals surface area contributed by atoms with Gasteiger partial charge in [-0.1, -0.05) is 12.1 Å². The zero-order valence-corrected chi connectivity index (χ0v) is 10.4. The smallest absolute Gasteiger partial charge is 0.416 e. The van der Waals surface area contributed by atoms with Crippen LogP contribution in [-0.2, 0) is 6.18 Å². The van der Waals surface area contributed by atoms with Crippen molar-refractivity contribution in [2.45, 2.75) is 6.18 Å². The predicted octanol–water partition coefficient (Wildman–Crippen LogP) is 3.59. The normalized spacial score (nSPS) is 11.2. The topological polar surface area (TPSA) is 39.2 Å². The number of hydrogen-bond donors (Lipinski definition) is 0. The highest BCUT2D eigenvalue weighted by Gasteiger charge is 2.30. The van der Waals surface area contributed by atoms with Crippen molar-refractivity contribution in [2.24, 2.45) is 0 Å². The first kappa shape index (κ1) is 14.0. The Balaban J connectivity index is 2.44. The summed E-state index contributed by atoms with van der Waals surface area (Å²) in [6.07, 6.45) is -3.85. The number of alkyl halides is 3. The minimum absolute atomic E-state index is 0.115. The molecule has 0 aliphatic heterocycles. The van der Waals surface area contributed by atoms with Crippen molar-refractivity contribution in [3.05, 3.63) is 47.7 Å². The summed E-state index contributed by atoms with van der Waals surface area (Å²) in [6, 6.07) is 7.67. The van der Waals surface area contributed by atoms with E-state index in [0.717, 1.165) is 12.1 Å². The molecule has 0 aliphatic rings. The summed E-state index contributed by atoms with van der Waals surface area (Å²) in [6.45, 7) is 0. The molecule has 1 heterocycles. The minimum Gasteiger partial charge on any atom is -0.481 e. The van der Waals surface area contributed by atoms with Crippen molar-refractivity contribution in [2.75, 3.05) is 7.11 Å². The number of carbonyl (C=O) groups excluding carboxylic acids is 1. The lowest BCUT2D eigenvalue weighted by atomic mass is 10.0. The molecule has 0 amide bonds. The number of methoxy groups -OCH3 is 1. The van der Waals surface area contributed by atoms with Crippen molar-refractivity contribution >= 4 is 6.29 Å². The van der Waals surface area contributed by atoms with E-state index >= 15 is 0 Å². The molecule has 0 unspecified atom stereocenters. The number of ether oxygens (including phenoxy) is 1. The van der Waals surface area contributed by atoms with E-state index in [0.29, 0.717) is 17.4 Å². The third-order valence-corrected chi connectivity index (χ3v) is 2.74. The lowest BCUT2D eigenvalue weighted by Gasteiger charge is -2.09. The summed E-state index contributed by atoms with van der Waals surface area (Å²) >= 11 is 0. The third kappa shape index (κ3) is 2.79. The standard InChI is InChI=1S/C14H10F3NO2/c1-20-13-7-6-11(12(8-19)18-13)9-2-4-10(5-3-9)14(15,16)17/h2-8H,1H3. The number of pyridine rings is 1. The van der Waals surface area contributed by atoms with E-state index in [2.05, 4.69) is 4.98 Å². The lowest BCUT2D eigenvalue weighted by Crippen LogP contribution is -2.04. The Morgan fingerprint density at radius 1 is 1.10 bits per heavy atom. The van der Waals surface area contributed by atoms with Crippen molar-refractivity contribution in [3.63, 3.8) is 0 Å². The van der Waals surface area contributed by atoms with Gasteiger partial charge in [-0.15, -0.1) is 0 Å². The average molecular weight is 281 g/mol. The molecule has 2 rings (SSSR count). The number of aromatic nitrogens is 1. The zero-order valence-electron chi connectivity index (χ0n) is 10.4. The number of carbonyl (C=O) groups is 1. The Kier molecular flexibility index (Phi) is 3.74. The van der Waals surface area contributed by atoms with Gasteiger partial charge in [0.05, 0.1) is 12.7 Å². The van der Waals surface area contributed by atoms with Crippen molar-refractivity contribution < 1.29 is 22.7 Å². The number of benzene rings is 1. The van der Waals surface area contributed by atoms with Gasteiger partial charge in [-0.05, 0) is 23.8 Å². The van der Waals surface area contributed by atoms with Crippen molar-refractivity contribution in [1.82, 2.24) is 4.98 Å². The van der Waals surface area contributed by atoms with Gasteiger partial charge in [0, 0.05) is 11.6 Å². The second-order valence-corrected chi connectivity index (χ2v) is 3.98. The van der Waals surface area contributed by atoms with Gasteiger partial charge in [0.2, 0.25) is 5.88 Å². The molecule has 1 aromatic carbocycles. The summed E-state index contributed by atoms with van der Waals surface area (Å²) in [5.41, 5.74) is 0.310. The lowest BCUT2D eigenvalue weighted by molar-refractivity contribution is -0.137. The molecular weight excluding hydrogens is 271 g/mol. The van der Waals surface area contributed by atoms with Crippen LogP contribution in [0.15, 0.2) is 36.4 Å². The average Bonchev–Trinajstić information content (AvgIpc) is 2.45. The van der Waals surface area contributed by atoms with Gasteiger partial charge in [0.15, 0.2) is 6.29 Å². The van der Waals surface area contributed by atoms with E-state index in [1.807, 2.05) is 0 Å². The molecule has 3 nitrogen and oxygen atoms in total. The van der Waals surface area contributed by atoms with E-state index in [1.54, 1.807) is 12.1 Å². The summed E-state index contributed by atoms with van der Waals surface area (Å²) in [7, 11) is 1.41. The number of hydrogen-bond acceptors (Lipinski definition) is 3. The Morgan fingerprint density at radius 2 is 1.75 bits per heavy atom. The Morgan fingerprint density at radius 3 is 2.25 bits per heavy atom. The van der Waals surface area contributed by atoms with E-state index < -0.39 is 11.7 Å². The fraction of sp³-hybridized carbons (Fsp3) is 0.143. The molecule has 0 fully saturated rings. The largest absolute Gasteiger partial charge is 0.481 e. The van der Waals surface area contributed by atoms with E-state index in [4.69, 9.17) is 4.74 Å². The second-order valence-electron chi connectivity index (χ2n) is 3.98. The molecule has 0 radical (unpaired) electrons. The molecule has 0 saturated heterocycles.